The second-order valence-electron chi connectivity index (χ2n) is 4.33. The summed E-state index contributed by atoms with van der Waals surface area (Å²) in [7, 11) is 0. The first-order valence-electron chi connectivity index (χ1n) is 6.06. The molecule has 2 aromatic carbocycles. The maximum atomic E-state index is 13.6. The molecule has 0 aromatic heterocycles. The fraction of sp³-hybridized carbons (Fsp3) is 0.0625. The van der Waals surface area contributed by atoms with E-state index >= 15 is 0 Å². The smallest absolute Gasteiger partial charge is 0.248 e. The van der Waals surface area contributed by atoms with Crippen LogP contribution in [0.1, 0.15) is 11.1 Å². The summed E-state index contributed by atoms with van der Waals surface area (Å²) >= 11 is 5.64. The van der Waals surface area contributed by atoms with Crippen molar-refractivity contribution in [3.63, 3.8) is 0 Å². The molecule has 0 unspecified atom stereocenters. The summed E-state index contributed by atoms with van der Waals surface area (Å²) < 4.78 is 13.6. The Bertz CT molecular complexity index is 650. The largest absolute Gasteiger partial charge is 0.320 e. The van der Waals surface area contributed by atoms with Crippen molar-refractivity contribution in [1.82, 2.24) is 0 Å². The standard InChI is InChI=1S/C16H13ClFNO/c1-11-5-7-12(8-6-11)9-10-15(20)19-14-4-2-3-13(17)16(14)18/h2-10H,1H3,(H,19,20)/b10-9+. The number of halogens is 2. The maximum Gasteiger partial charge on any atom is 0.248 e. The highest BCUT2D eigenvalue weighted by Gasteiger charge is 2.07. The van der Waals surface area contributed by atoms with Crippen molar-refractivity contribution in [2.24, 2.45) is 0 Å². The average molecular weight is 290 g/mol. The molecular formula is C16H13ClFNO. The highest BCUT2D eigenvalue weighted by molar-refractivity contribution is 6.31. The fourth-order valence-corrected chi connectivity index (χ4v) is 1.80. The van der Waals surface area contributed by atoms with Crippen molar-refractivity contribution < 1.29 is 9.18 Å². The van der Waals surface area contributed by atoms with Crippen molar-refractivity contribution >= 4 is 29.3 Å². The molecule has 0 saturated heterocycles. The minimum Gasteiger partial charge on any atom is -0.320 e. The van der Waals surface area contributed by atoms with Crippen LogP contribution < -0.4 is 5.32 Å². The summed E-state index contributed by atoms with van der Waals surface area (Å²) in [5, 5.41) is 2.42. The van der Waals surface area contributed by atoms with Crippen LogP contribution in [0.15, 0.2) is 48.5 Å². The number of amides is 1. The van der Waals surface area contributed by atoms with Gasteiger partial charge in [-0.3, -0.25) is 4.79 Å². The molecular weight excluding hydrogens is 277 g/mol. The number of carbonyl (C=O) groups excluding carboxylic acids is 1. The molecule has 0 bridgehead atoms. The van der Waals surface area contributed by atoms with Gasteiger partial charge in [-0.05, 0) is 30.7 Å². The van der Waals surface area contributed by atoms with Gasteiger partial charge >= 0.3 is 0 Å². The summed E-state index contributed by atoms with van der Waals surface area (Å²) in [5.41, 5.74) is 2.11. The first-order chi connectivity index (χ1) is 9.56. The molecule has 2 nitrogen and oxygen atoms in total. The van der Waals surface area contributed by atoms with Gasteiger partial charge in [0.25, 0.3) is 0 Å². The Morgan fingerprint density at radius 2 is 1.90 bits per heavy atom. The Morgan fingerprint density at radius 3 is 2.60 bits per heavy atom. The van der Waals surface area contributed by atoms with Crippen molar-refractivity contribution in [1.29, 1.82) is 0 Å². The molecule has 0 heterocycles. The van der Waals surface area contributed by atoms with E-state index in [4.69, 9.17) is 11.6 Å². The molecule has 0 aliphatic heterocycles. The third-order valence-electron chi connectivity index (χ3n) is 2.71. The van der Waals surface area contributed by atoms with Crippen LogP contribution in [0, 0.1) is 12.7 Å². The molecule has 0 fully saturated rings. The molecule has 0 radical (unpaired) electrons. The van der Waals surface area contributed by atoms with Crippen LogP contribution in [0.4, 0.5) is 10.1 Å². The average Bonchev–Trinajstić information content (AvgIpc) is 2.43. The summed E-state index contributed by atoms with van der Waals surface area (Å²) in [5.74, 6) is -1.04. The quantitative estimate of drug-likeness (QED) is 0.832. The lowest BCUT2D eigenvalue weighted by atomic mass is 10.1. The topological polar surface area (TPSA) is 29.1 Å². The third kappa shape index (κ3) is 3.68. The molecule has 4 heteroatoms. The Labute approximate surface area is 121 Å². The molecule has 2 aromatic rings. The molecule has 102 valence electrons. The van der Waals surface area contributed by atoms with Crippen LogP contribution in [0.2, 0.25) is 5.02 Å². The van der Waals surface area contributed by atoms with Gasteiger partial charge in [0.15, 0.2) is 5.82 Å². The van der Waals surface area contributed by atoms with Gasteiger partial charge in [0.1, 0.15) is 0 Å². The zero-order valence-corrected chi connectivity index (χ0v) is 11.6. The van der Waals surface area contributed by atoms with Gasteiger partial charge in [-0.15, -0.1) is 0 Å². The van der Waals surface area contributed by atoms with Crippen LogP contribution in [-0.4, -0.2) is 5.91 Å². The molecule has 0 spiro atoms. The first-order valence-corrected chi connectivity index (χ1v) is 6.44. The minimum absolute atomic E-state index is 0.0229. The normalized spacial score (nSPS) is 10.8. The molecule has 20 heavy (non-hydrogen) atoms. The van der Waals surface area contributed by atoms with Gasteiger partial charge in [0.05, 0.1) is 10.7 Å². The predicted octanol–water partition coefficient (Wildman–Crippen LogP) is 4.44. The zero-order valence-electron chi connectivity index (χ0n) is 10.9. The van der Waals surface area contributed by atoms with Crippen molar-refractivity contribution in [3.8, 4) is 0 Å². The predicted molar refractivity (Wildman–Crippen MR) is 80.3 cm³/mol. The lowest BCUT2D eigenvalue weighted by Crippen LogP contribution is -2.09. The summed E-state index contributed by atoms with van der Waals surface area (Å²) in [4.78, 5) is 11.7. The molecule has 0 saturated carbocycles. The Hall–Kier alpha value is -2.13. The summed E-state index contributed by atoms with van der Waals surface area (Å²) in [6.45, 7) is 1.99. The molecule has 1 N–H and O–H groups in total. The van der Waals surface area contributed by atoms with Crippen LogP contribution in [-0.2, 0) is 4.79 Å². The van der Waals surface area contributed by atoms with E-state index in [1.807, 2.05) is 31.2 Å². The Morgan fingerprint density at radius 1 is 1.20 bits per heavy atom. The third-order valence-corrected chi connectivity index (χ3v) is 3.01. The van der Waals surface area contributed by atoms with Gasteiger partial charge in [-0.2, -0.15) is 0 Å². The minimum atomic E-state index is -0.633. The van der Waals surface area contributed by atoms with Crippen molar-refractivity contribution in [2.45, 2.75) is 6.92 Å². The Kier molecular flexibility index (Phi) is 4.53. The highest BCUT2D eigenvalue weighted by Crippen LogP contribution is 2.21. The molecule has 2 rings (SSSR count). The van der Waals surface area contributed by atoms with Gasteiger partial charge in [-0.25, -0.2) is 4.39 Å². The monoisotopic (exact) mass is 289 g/mol. The Balaban J connectivity index is 2.05. The number of benzene rings is 2. The van der Waals surface area contributed by atoms with E-state index in [1.54, 1.807) is 12.1 Å². The van der Waals surface area contributed by atoms with Crippen LogP contribution >= 0.6 is 11.6 Å². The van der Waals surface area contributed by atoms with E-state index in [0.29, 0.717) is 0 Å². The number of hydrogen-bond acceptors (Lipinski definition) is 1. The van der Waals surface area contributed by atoms with E-state index in [0.717, 1.165) is 11.1 Å². The van der Waals surface area contributed by atoms with Gasteiger partial charge in [0, 0.05) is 6.08 Å². The summed E-state index contributed by atoms with van der Waals surface area (Å²) in [6.07, 6.45) is 3.02. The number of carbonyl (C=O) groups is 1. The van der Waals surface area contributed by atoms with Crippen LogP contribution in [0.3, 0.4) is 0 Å². The fourth-order valence-electron chi connectivity index (χ4n) is 1.62. The highest BCUT2D eigenvalue weighted by atomic mass is 35.5. The van der Waals surface area contributed by atoms with Gasteiger partial charge < -0.3 is 5.32 Å². The first kappa shape index (κ1) is 14.3. The van der Waals surface area contributed by atoms with E-state index in [2.05, 4.69) is 5.32 Å². The second-order valence-corrected chi connectivity index (χ2v) is 4.74. The second kappa shape index (κ2) is 6.35. The molecule has 0 atom stereocenters. The van der Waals surface area contributed by atoms with Crippen molar-refractivity contribution in [2.75, 3.05) is 5.32 Å². The number of aryl methyl sites for hydroxylation is 1. The lowest BCUT2D eigenvalue weighted by molar-refractivity contribution is -0.111. The maximum absolute atomic E-state index is 13.6. The number of nitrogens with one attached hydrogen (secondary N) is 1. The number of hydrogen-bond donors (Lipinski definition) is 1. The zero-order chi connectivity index (χ0) is 14.5. The van der Waals surface area contributed by atoms with E-state index in [9.17, 15) is 9.18 Å². The van der Waals surface area contributed by atoms with Crippen LogP contribution in [0.25, 0.3) is 6.08 Å². The van der Waals surface area contributed by atoms with E-state index < -0.39 is 11.7 Å². The lowest BCUT2D eigenvalue weighted by Gasteiger charge is -2.04. The van der Waals surface area contributed by atoms with Gasteiger partial charge in [0.2, 0.25) is 5.91 Å². The van der Waals surface area contributed by atoms with Crippen LogP contribution in [0.5, 0.6) is 0 Å². The van der Waals surface area contributed by atoms with Gasteiger partial charge in [-0.1, -0.05) is 47.5 Å². The van der Waals surface area contributed by atoms with E-state index in [1.165, 1.54) is 18.2 Å². The summed E-state index contributed by atoms with van der Waals surface area (Å²) in [6, 6.07) is 12.2. The molecule has 1 amide bonds. The molecule has 0 aliphatic carbocycles. The SMILES string of the molecule is Cc1ccc(/C=C/C(=O)Nc2cccc(Cl)c2F)cc1. The number of anilines is 1. The molecule has 0 aliphatic rings. The number of rotatable bonds is 3. The van der Waals surface area contributed by atoms with E-state index in [-0.39, 0.29) is 10.7 Å². The van der Waals surface area contributed by atoms with Crippen molar-refractivity contribution in [3.05, 3.63) is 70.5 Å².